The third-order valence-electron chi connectivity index (χ3n) is 3.18. The lowest BCUT2D eigenvalue weighted by atomic mass is 10.3. The number of hydrogen-bond donors (Lipinski definition) is 1. The topological polar surface area (TPSA) is 73.0 Å². The minimum absolute atomic E-state index is 0.0376. The van der Waals surface area contributed by atoms with Crippen molar-refractivity contribution in [3.8, 4) is 5.69 Å². The third kappa shape index (κ3) is 2.88. The maximum Gasteiger partial charge on any atom is 0.285 e. The monoisotopic (exact) mass is 336 g/mol. The molecule has 1 aromatic heterocycles. The van der Waals surface area contributed by atoms with E-state index in [4.69, 9.17) is 0 Å². The molecular weight excluding hydrogens is 324 g/mol. The summed E-state index contributed by atoms with van der Waals surface area (Å²) in [5.41, 5.74) is 1.65. The number of nitro benzene ring substituents is 1. The molecule has 1 aliphatic carbocycles. The number of nitrogens with zero attached hydrogens (tertiary/aromatic N) is 3. The normalized spacial score (nSPS) is 14.4. The van der Waals surface area contributed by atoms with E-state index in [1.54, 1.807) is 16.8 Å². The smallest absolute Gasteiger partial charge is 0.285 e. The molecular formula is C13H13BrN4O2. The fraction of sp³-hybridized carbons (Fsp3) is 0.308. The molecule has 7 heteroatoms. The highest BCUT2D eigenvalue weighted by Gasteiger charge is 2.20. The summed E-state index contributed by atoms with van der Waals surface area (Å²) in [6.07, 6.45) is 4.29. The highest BCUT2D eigenvalue weighted by atomic mass is 79.9. The lowest BCUT2D eigenvalue weighted by Gasteiger charge is -2.03. The molecule has 0 bridgehead atoms. The van der Waals surface area contributed by atoms with Gasteiger partial charge >= 0.3 is 0 Å². The van der Waals surface area contributed by atoms with Crippen molar-refractivity contribution in [3.05, 3.63) is 50.7 Å². The fourth-order valence-electron chi connectivity index (χ4n) is 1.92. The lowest BCUT2D eigenvalue weighted by Crippen LogP contribution is -2.15. The van der Waals surface area contributed by atoms with Gasteiger partial charge in [0.2, 0.25) is 0 Å². The predicted molar refractivity (Wildman–Crippen MR) is 77.8 cm³/mol. The van der Waals surface area contributed by atoms with E-state index in [2.05, 4.69) is 26.3 Å². The number of benzene rings is 1. The second kappa shape index (κ2) is 5.34. The standard InChI is InChI=1S/C13H13BrN4O2/c14-12-4-3-11(7-13(12)18(19)20)17-6-5-10(16-17)8-15-9-1-2-9/h3-7,9,15H,1-2,8H2. The van der Waals surface area contributed by atoms with Gasteiger partial charge in [0.25, 0.3) is 5.69 Å². The minimum Gasteiger partial charge on any atom is -0.308 e. The van der Waals surface area contributed by atoms with Gasteiger partial charge in [-0.2, -0.15) is 5.10 Å². The Hall–Kier alpha value is -1.73. The van der Waals surface area contributed by atoms with Crippen LogP contribution in [-0.2, 0) is 6.54 Å². The number of nitro groups is 1. The van der Waals surface area contributed by atoms with E-state index in [1.165, 1.54) is 18.9 Å². The zero-order chi connectivity index (χ0) is 14.1. The van der Waals surface area contributed by atoms with Crippen LogP contribution in [0.25, 0.3) is 5.69 Å². The Kier molecular flexibility index (Phi) is 3.54. The van der Waals surface area contributed by atoms with Gasteiger partial charge in [-0.15, -0.1) is 0 Å². The van der Waals surface area contributed by atoms with E-state index >= 15 is 0 Å². The first-order valence-corrected chi connectivity index (χ1v) is 7.15. The molecule has 0 radical (unpaired) electrons. The van der Waals surface area contributed by atoms with Gasteiger partial charge in [-0.05, 0) is 47.0 Å². The summed E-state index contributed by atoms with van der Waals surface area (Å²) in [4.78, 5) is 10.5. The zero-order valence-corrected chi connectivity index (χ0v) is 12.2. The molecule has 3 rings (SSSR count). The molecule has 0 spiro atoms. The molecule has 2 aromatic rings. The Balaban J connectivity index is 1.81. The molecule has 0 atom stereocenters. The number of hydrogen-bond acceptors (Lipinski definition) is 4. The second-order valence-corrected chi connectivity index (χ2v) is 5.65. The average molecular weight is 337 g/mol. The molecule has 20 heavy (non-hydrogen) atoms. The van der Waals surface area contributed by atoms with Crippen LogP contribution in [0.4, 0.5) is 5.69 Å². The van der Waals surface area contributed by atoms with Crippen LogP contribution in [0.1, 0.15) is 18.5 Å². The van der Waals surface area contributed by atoms with Gasteiger partial charge in [-0.1, -0.05) is 0 Å². The van der Waals surface area contributed by atoms with Gasteiger partial charge in [0.1, 0.15) is 0 Å². The Labute approximate surface area is 124 Å². The third-order valence-corrected chi connectivity index (χ3v) is 3.86. The quantitative estimate of drug-likeness (QED) is 0.673. The lowest BCUT2D eigenvalue weighted by molar-refractivity contribution is -0.385. The van der Waals surface area contributed by atoms with Crippen LogP contribution in [-0.4, -0.2) is 20.7 Å². The van der Waals surface area contributed by atoms with Crippen molar-refractivity contribution >= 4 is 21.6 Å². The maximum atomic E-state index is 10.9. The molecule has 104 valence electrons. The van der Waals surface area contributed by atoms with Crippen molar-refractivity contribution in [1.82, 2.24) is 15.1 Å². The Morgan fingerprint density at radius 1 is 1.45 bits per heavy atom. The number of halogens is 1. The van der Waals surface area contributed by atoms with Gasteiger partial charge in [0.05, 0.1) is 20.8 Å². The summed E-state index contributed by atoms with van der Waals surface area (Å²) in [6.45, 7) is 0.732. The van der Waals surface area contributed by atoms with Crippen molar-refractivity contribution in [2.24, 2.45) is 0 Å². The Morgan fingerprint density at radius 3 is 2.95 bits per heavy atom. The summed E-state index contributed by atoms with van der Waals surface area (Å²) in [5.74, 6) is 0. The van der Waals surface area contributed by atoms with E-state index in [0.29, 0.717) is 16.2 Å². The largest absolute Gasteiger partial charge is 0.308 e. The molecule has 1 N–H and O–H groups in total. The second-order valence-electron chi connectivity index (χ2n) is 4.80. The SMILES string of the molecule is O=[N+]([O-])c1cc(-n2ccc(CNC3CC3)n2)ccc1Br. The predicted octanol–water partition coefficient (Wildman–Crippen LogP) is 2.80. The fourth-order valence-corrected chi connectivity index (χ4v) is 2.31. The van der Waals surface area contributed by atoms with Crippen LogP contribution >= 0.6 is 15.9 Å². The molecule has 0 unspecified atom stereocenters. The van der Waals surface area contributed by atoms with Crippen molar-refractivity contribution in [2.45, 2.75) is 25.4 Å². The van der Waals surface area contributed by atoms with Crippen LogP contribution in [0.5, 0.6) is 0 Å². The average Bonchev–Trinajstić information content (AvgIpc) is 3.14. The molecule has 1 aromatic carbocycles. The molecule has 0 amide bonds. The maximum absolute atomic E-state index is 10.9. The highest BCUT2D eigenvalue weighted by molar-refractivity contribution is 9.10. The molecule has 1 saturated carbocycles. The first kappa shape index (κ1) is 13.3. The van der Waals surface area contributed by atoms with Crippen molar-refractivity contribution < 1.29 is 4.92 Å². The van der Waals surface area contributed by atoms with E-state index in [0.717, 1.165) is 12.2 Å². The van der Waals surface area contributed by atoms with E-state index in [-0.39, 0.29) is 5.69 Å². The zero-order valence-electron chi connectivity index (χ0n) is 10.6. The minimum atomic E-state index is -0.410. The summed E-state index contributed by atoms with van der Waals surface area (Å²) < 4.78 is 2.12. The number of rotatable bonds is 5. The molecule has 6 nitrogen and oxygen atoms in total. The van der Waals surface area contributed by atoms with E-state index in [9.17, 15) is 10.1 Å². The highest BCUT2D eigenvalue weighted by Crippen LogP contribution is 2.27. The molecule has 1 fully saturated rings. The first-order valence-electron chi connectivity index (χ1n) is 6.36. The van der Waals surface area contributed by atoms with Gasteiger partial charge in [-0.3, -0.25) is 10.1 Å². The van der Waals surface area contributed by atoms with Gasteiger partial charge in [-0.25, -0.2) is 4.68 Å². The van der Waals surface area contributed by atoms with Crippen LogP contribution in [0, 0.1) is 10.1 Å². The molecule has 0 aliphatic heterocycles. The Morgan fingerprint density at radius 2 is 2.25 bits per heavy atom. The van der Waals surface area contributed by atoms with Crippen LogP contribution < -0.4 is 5.32 Å². The number of aromatic nitrogens is 2. The molecule has 1 heterocycles. The first-order chi connectivity index (χ1) is 9.63. The van der Waals surface area contributed by atoms with Crippen LogP contribution in [0.2, 0.25) is 0 Å². The summed E-state index contributed by atoms with van der Waals surface area (Å²) >= 11 is 3.18. The van der Waals surface area contributed by atoms with Crippen LogP contribution in [0.15, 0.2) is 34.9 Å². The van der Waals surface area contributed by atoms with Gasteiger partial charge in [0, 0.05) is 24.8 Å². The van der Waals surface area contributed by atoms with E-state index in [1.807, 2.05) is 12.3 Å². The Bertz CT molecular complexity index is 652. The van der Waals surface area contributed by atoms with E-state index < -0.39 is 4.92 Å². The summed E-state index contributed by atoms with van der Waals surface area (Å²) in [5, 5.41) is 18.7. The summed E-state index contributed by atoms with van der Waals surface area (Å²) in [7, 11) is 0. The summed E-state index contributed by atoms with van der Waals surface area (Å²) in [6, 6.07) is 7.52. The van der Waals surface area contributed by atoms with Crippen LogP contribution in [0.3, 0.4) is 0 Å². The van der Waals surface area contributed by atoms with Crippen molar-refractivity contribution in [2.75, 3.05) is 0 Å². The molecule has 1 aliphatic rings. The van der Waals surface area contributed by atoms with Crippen molar-refractivity contribution in [3.63, 3.8) is 0 Å². The number of nitrogens with one attached hydrogen (secondary N) is 1. The van der Waals surface area contributed by atoms with Gasteiger partial charge < -0.3 is 5.32 Å². The molecule has 0 saturated heterocycles. The van der Waals surface area contributed by atoms with Gasteiger partial charge in [0.15, 0.2) is 0 Å². The van der Waals surface area contributed by atoms with Crippen molar-refractivity contribution in [1.29, 1.82) is 0 Å².